The number of Topliss-reactive ketones (excluding diaryl/α,β-unsaturated/α-hetero) is 1. The summed E-state index contributed by atoms with van der Waals surface area (Å²) < 4.78 is 5.18. The van der Waals surface area contributed by atoms with E-state index in [0.717, 1.165) is 5.56 Å². The largest absolute Gasteiger partial charge is 0.426 e. The number of hydrogen-bond donors (Lipinski definition) is 0. The highest BCUT2D eigenvalue weighted by Crippen LogP contribution is 2.29. The van der Waals surface area contributed by atoms with Crippen LogP contribution >= 0.6 is 0 Å². The van der Waals surface area contributed by atoms with Gasteiger partial charge in [0.1, 0.15) is 11.7 Å². The molecule has 110 valence electrons. The van der Waals surface area contributed by atoms with Crippen LogP contribution in [0.4, 0.5) is 5.69 Å². The number of nitrogens with zero attached hydrogens (tertiary/aromatic N) is 1. The average molecular weight is 297 g/mol. The van der Waals surface area contributed by atoms with Crippen LogP contribution in [-0.2, 0) is 11.2 Å². The lowest BCUT2D eigenvalue weighted by molar-refractivity contribution is -0.384. The lowest BCUT2D eigenvalue weighted by Gasteiger charge is -2.22. The summed E-state index contributed by atoms with van der Waals surface area (Å²) in [6.45, 7) is 0. The summed E-state index contributed by atoms with van der Waals surface area (Å²) in [4.78, 5) is 34.5. The van der Waals surface area contributed by atoms with E-state index in [9.17, 15) is 19.7 Å². The molecule has 0 saturated carbocycles. The highest BCUT2D eigenvalue weighted by Gasteiger charge is 2.34. The molecule has 3 rings (SSSR count). The third kappa shape index (κ3) is 2.46. The molecule has 1 atom stereocenters. The SMILES string of the molecule is O=C1Oc2ccccc2C[C@H]1C(=O)c1ccc([N+](=O)[O-])cc1. The summed E-state index contributed by atoms with van der Waals surface area (Å²) in [6, 6.07) is 12.3. The molecule has 1 aliphatic rings. The smallest absolute Gasteiger partial charge is 0.322 e. The van der Waals surface area contributed by atoms with E-state index >= 15 is 0 Å². The van der Waals surface area contributed by atoms with Crippen LogP contribution in [0.15, 0.2) is 48.5 Å². The molecular weight excluding hydrogens is 286 g/mol. The highest BCUT2D eigenvalue weighted by molar-refractivity contribution is 6.09. The fourth-order valence-electron chi connectivity index (χ4n) is 2.40. The molecule has 0 saturated heterocycles. The molecule has 6 nitrogen and oxygen atoms in total. The van der Waals surface area contributed by atoms with Gasteiger partial charge in [0.2, 0.25) is 0 Å². The monoisotopic (exact) mass is 297 g/mol. The molecule has 6 heteroatoms. The van der Waals surface area contributed by atoms with E-state index < -0.39 is 22.6 Å². The van der Waals surface area contributed by atoms with Crippen LogP contribution in [0.2, 0.25) is 0 Å². The molecular formula is C16H11NO5. The number of para-hydroxylation sites is 1. The van der Waals surface area contributed by atoms with E-state index in [2.05, 4.69) is 0 Å². The van der Waals surface area contributed by atoms with Gasteiger partial charge in [-0.05, 0) is 30.2 Å². The predicted octanol–water partition coefficient (Wildman–Crippen LogP) is 2.56. The van der Waals surface area contributed by atoms with E-state index in [1.807, 2.05) is 6.07 Å². The number of carbonyl (C=O) groups excluding carboxylic acids is 2. The maximum Gasteiger partial charge on any atom is 0.322 e. The fourth-order valence-corrected chi connectivity index (χ4v) is 2.40. The molecule has 0 spiro atoms. The van der Waals surface area contributed by atoms with Crippen LogP contribution in [0.3, 0.4) is 0 Å². The number of esters is 1. The Hall–Kier alpha value is -3.02. The molecule has 0 aliphatic carbocycles. The van der Waals surface area contributed by atoms with Gasteiger partial charge in [0, 0.05) is 17.7 Å². The molecule has 0 radical (unpaired) electrons. The van der Waals surface area contributed by atoms with E-state index in [1.54, 1.807) is 18.2 Å². The number of nitro benzene ring substituents is 1. The Bertz CT molecular complexity index is 766. The Kier molecular flexibility index (Phi) is 3.42. The maximum atomic E-state index is 12.4. The van der Waals surface area contributed by atoms with Crippen molar-refractivity contribution in [2.24, 2.45) is 5.92 Å². The Labute approximate surface area is 125 Å². The minimum absolute atomic E-state index is 0.104. The molecule has 0 fully saturated rings. The van der Waals surface area contributed by atoms with E-state index in [0.29, 0.717) is 5.75 Å². The van der Waals surface area contributed by atoms with Gasteiger partial charge in [0.25, 0.3) is 5.69 Å². The van der Waals surface area contributed by atoms with Gasteiger partial charge in [-0.1, -0.05) is 18.2 Å². The molecule has 22 heavy (non-hydrogen) atoms. The summed E-state index contributed by atoms with van der Waals surface area (Å²) in [5, 5.41) is 10.6. The third-order valence-corrected chi connectivity index (χ3v) is 3.57. The van der Waals surface area contributed by atoms with Crippen molar-refractivity contribution in [2.75, 3.05) is 0 Å². The molecule has 1 aliphatic heterocycles. The van der Waals surface area contributed by atoms with Gasteiger partial charge in [-0.2, -0.15) is 0 Å². The number of nitro groups is 1. The first kappa shape index (κ1) is 13.9. The second kappa shape index (κ2) is 5.40. The molecule has 0 N–H and O–H groups in total. The lowest BCUT2D eigenvalue weighted by Crippen LogP contribution is -2.33. The van der Waals surface area contributed by atoms with Gasteiger partial charge in [0.15, 0.2) is 5.78 Å². The molecule has 0 aromatic heterocycles. The molecule has 0 unspecified atom stereocenters. The van der Waals surface area contributed by atoms with Gasteiger partial charge in [-0.3, -0.25) is 19.7 Å². The maximum absolute atomic E-state index is 12.4. The first-order chi connectivity index (χ1) is 10.6. The lowest BCUT2D eigenvalue weighted by atomic mass is 9.89. The van der Waals surface area contributed by atoms with Crippen LogP contribution in [0.1, 0.15) is 15.9 Å². The number of carbonyl (C=O) groups is 2. The third-order valence-electron chi connectivity index (χ3n) is 3.57. The zero-order valence-corrected chi connectivity index (χ0v) is 11.4. The predicted molar refractivity (Wildman–Crippen MR) is 76.7 cm³/mol. The zero-order chi connectivity index (χ0) is 15.7. The summed E-state index contributed by atoms with van der Waals surface area (Å²) in [7, 11) is 0. The highest BCUT2D eigenvalue weighted by atomic mass is 16.6. The second-order valence-electron chi connectivity index (χ2n) is 4.95. The van der Waals surface area contributed by atoms with E-state index in [1.165, 1.54) is 24.3 Å². The van der Waals surface area contributed by atoms with Gasteiger partial charge in [-0.15, -0.1) is 0 Å². The Morgan fingerprint density at radius 3 is 2.50 bits per heavy atom. The van der Waals surface area contributed by atoms with Crippen LogP contribution in [0, 0.1) is 16.0 Å². The Balaban J connectivity index is 1.86. The van der Waals surface area contributed by atoms with Crippen molar-refractivity contribution in [1.82, 2.24) is 0 Å². The number of fused-ring (bicyclic) bond motifs is 1. The first-order valence-electron chi connectivity index (χ1n) is 6.64. The normalized spacial score (nSPS) is 16.5. The fraction of sp³-hybridized carbons (Fsp3) is 0.125. The molecule has 1 heterocycles. The number of non-ortho nitro benzene ring substituents is 1. The van der Waals surface area contributed by atoms with Crippen molar-refractivity contribution in [1.29, 1.82) is 0 Å². The van der Waals surface area contributed by atoms with E-state index in [-0.39, 0.29) is 17.7 Å². The van der Waals surface area contributed by atoms with Crippen molar-refractivity contribution < 1.29 is 19.2 Å². The van der Waals surface area contributed by atoms with Crippen LogP contribution in [0.5, 0.6) is 5.75 Å². The first-order valence-corrected chi connectivity index (χ1v) is 6.64. The minimum Gasteiger partial charge on any atom is -0.426 e. The average Bonchev–Trinajstić information content (AvgIpc) is 2.53. The van der Waals surface area contributed by atoms with Gasteiger partial charge in [-0.25, -0.2) is 0 Å². The molecule has 0 amide bonds. The minimum atomic E-state index is -0.920. The van der Waals surface area contributed by atoms with E-state index in [4.69, 9.17) is 4.74 Å². The van der Waals surface area contributed by atoms with Crippen molar-refractivity contribution in [2.45, 2.75) is 6.42 Å². The standard InChI is InChI=1S/C16H11NO5/c18-15(10-5-7-12(8-6-10)17(20)21)13-9-11-3-1-2-4-14(11)22-16(13)19/h1-8,13H,9H2/t13-/m0/s1. The van der Waals surface area contributed by atoms with Gasteiger partial charge >= 0.3 is 5.97 Å². The number of ether oxygens (including phenoxy) is 1. The number of benzene rings is 2. The van der Waals surface area contributed by atoms with Crippen molar-refractivity contribution >= 4 is 17.4 Å². The Morgan fingerprint density at radius 2 is 1.82 bits per heavy atom. The summed E-state index contributed by atoms with van der Waals surface area (Å²) in [5.74, 6) is -1.44. The van der Waals surface area contributed by atoms with Crippen LogP contribution in [0.25, 0.3) is 0 Å². The molecule has 0 bridgehead atoms. The number of ketones is 1. The van der Waals surface area contributed by atoms with Crippen molar-refractivity contribution in [3.8, 4) is 5.75 Å². The van der Waals surface area contributed by atoms with Crippen molar-refractivity contribution in [3.63, 3.8) is 0 Å². The van der Waals surface area contributed by atoms with Gasteiger partial charge in [0.05, 0.1) is 4.92 Å². The quantitative estimate of drug-likeness (QED) is 0.217. The number of hydrogen-bond acceptors (Lipinski definition) is 5. The summed E-state index contributed by atoms with van der Waals surface area (Å²) >= 11 is 0. The Morgan fingerprint density at radius 1 is 1.14 bits per heavy atom. The molecule has 2 aromatic rings. The number of rotatable bonds is 3. The molecule has 2 aromatic carbocycles. The van der Waals surface area contributed by atoms with Crippen LogP contribution < -0.4 is 4.74 Å². The summed E-state index contributed by atoms with van der Waals surface area (Å²) in [5.41, 5.74) is 0.947. The second-order valence-corrected chi connectivity index (χ2v) is 4.95. The van der Waals surface area contributed by atoms with Crippen molar-refractivity contribution in [3.05, 3.63) is 69.8 Å². The van der Waals surface area contributed by atoms with Gasteiger partial charge < -0.3 is 4.74 Å². The topological polar surface area (TPSA) is 86.5 Å². The van der Waals surface area contributed by atoms with Crippen LogP contribution in [-0.4, -0.2) is 16.7 Å². The zero-order valence-electron chi connectivity index (χ0n) is 11.4. The summed E-state index contributed by atoms with van der Waals surface area (Å²) in [6.07, 6.45) is 0.269.